The van der Waals surface area contributed by atoms with Gasteiger partial charge < -0.3 is 9.84 Å². The predicted molar refractivity (Wildman–Crippen MR) is 112 cm³/mol. The summed E-state index contributed by atoms with van der Waals surface area (Å²) in [5.41, 5.74) is 5.58. The quantitative estimate of drug-likeness (QED) is 0.739. The van der Waals surface area contributed by atoms with Gasteiger partial charge in [0.2, 0.25) is 0 Å². The first-order valence-corrected chi connectivity index (χ1v) is 10.5. The second-order valence-corrected chi connectivity index (χ2v) is 9.58. The van der Waals surface area contributed by atoms with Crippen LogP contribution in [0.4, 0.5) is 0 Å². The summed E-state index contributed by atoms with van der Waals surface area (Å²) in [4.78, 5) is 10.8. The third-order valence-corrected chi connectivity index (χ3v) is 6.41. The van der Waals surface area contributed by atoms with Crippen LogP contribution < -0.4 is 4.74 Å². The normalized spacial score (nSPS) is 20.2. The molecule has 5 rings (SSSR count). The Kier molecular flexibility index (Phi) is 4.03. The van der Waals surface area contributed by atoms with Crippen LogP contribution in [0.1, 0.15) is 79.7 Å². The zero-order chi connectivity index (χ0) is 20.2. The minimum Gasteiger partial charge on any atom is -0.487 e. The molecule has 0 atom stereocenters. The largest absolute Gasteiger partial charge is 0.487 e. The zero-order valence-electron chi connectivity index (χ0n) is 17.0. The molecule has 29 heavy (non-hydrogen) atoms. The van der Waals surface area contributed by atoms with Gasteiger partial charge in [-0.25, -0.2) is 0 Å². The number of benzene rings is 2. The number of aliphatic carboxylic acids is 1. The van der Waals surface area contributed by atoms with Gasteiger partial charge in [0.15, 0.2) is 0 Å². The minimum atomic E-state index is -0.816. The number of carboxylic acid groups (broad SMARTS) is 1. The third kappa shape index (κ3) is 3.65. The monoisotopic (exact) mass is 386 g/mol. The molecule has 1 heterocycles. The van der Waals surface area contributed by atoms with Crippen molar-refractivity contribution < 1.29 is 14.6 Å². The van der Waals surface area contributed by atoms with Crippen molar-refractivity contribution in [3.05, 3.63) is 64.2 Å². The summed E-state index contributed by atoms with van der Waals surface area (Å²) in [6.45, 7) is 4.67. The molecule has 1 N–H and O–H groups in total. The lowest BCUT2D eigenvalue weighted by molar-refractivity contribution is -0.136. The summed E-state index contributed by atoms with van der Waals surface area (Å²) in [6.07, 6.45) is 5.97. The van der Waals surface area contributed by atoms with Crippen molar-refractivity contribution in [1.82, 2.24) is 0 Å². The van der Waals surface area contributed by atoms with E-state index in [-0.39, 0.29) is 17.4 Å². The fourth-order valence-electron chi connectivity index (χ4n) is 4.63. The highest BCUT2D eigenvalue weighted by Crippen LogP contribution is 2.58. The van der Waals surface area contributed by atoms with Gasteiger partial charge in [0, 0.05) is 16.7 Å². The molecule has 148 valence electrons. The van der Waals surface area contributed by atoms with E-state index in [1.807, 2.05) is 24.3 Å². The molecule has 1 spiro atoms. The van der Waals surface area contributed by atoms with Crippen LogP contribution in [0.25, 0.3) is 0 Å². The molecule has 2 aromatic carbocycles. The second kappa shape index (κ2) is 6.39. The van der Waals surface area contributed by atoms with Crippen LogP contribution in [0, 0.1) is 11.8 Å². The van der Waals surface area contributed by atoms with Crippen molar-refractivity contribution in [1.29, 1.82) is 0 Å². The van der Waals surface area contributed by atoms with Crippen LogP contribution >= 0.6 is 0 Å². The maximum atomic E-state index is 10.8. The summed E-state index contributed by atoms with van der Waals surface area (Å²) in [7, 11) is 0. The molecule has 3 nitrogen and oxygen atoms in total. The van der Waals surface area contributed by atoms with E-state index < -0.39 is 5.97 Å². The zero-order valence-corrected chi connectivity index (χ0v) is 17.0. The van der Waals surface area contributed by atoms with Crippen LogP contribution in [0.5, 0.6) is 5.75 Å². The molecule has 2 aliphatic carbocycles. The Bertz CT molecular complexity index is 1040. The number of ether oxygens (including phenoxy) is 1. The number of rotatable bonds is 3. The van der Waals surface area contributed by atoms with E-state index >= 15 is 0 Å². The Morgan fingerprint density at radius 1 is 1.10 bits per heavy atom. The third-order valence-electron chi connectivity index (χ3n) is 6.41. The Labute approximate surface area is 172 Å². The molecule has 0 radical (unpaired) electrons. The molecule has 2 aromatic rings. The minimum absolute atomic E-state index is 0.0415. The van der Waals surface area contributed by atoms with Gasteiger partial charge in [0.05, 0.1) is 6.42 Å². The molecular weight excluding hydrogens is 360 g/mol. The van der Waals surface area contributed by atoms with Crippen molar-refractivity contribution in [2.24, 2.45) is 0 Å². The summed E-state index contributed by atoms with van der Waals surface area (Å²) >= 11 is 0. The smallest absolute Gasteiger partial charge is 0.307 e. The molecule has 2 saturated carbocycles. The molecule has 0 amide bonds. The van der Waals surface area contributed by atoms with Gasteiger partial charge in [-0.1, -0.05) is 37.8 Å². The van der Waals surface area contributed by atoms with Gasteiger partial charge in [-0.2, -0.15) is 0 Å². The van der Waals surface area contributed by atoms with E-state index in [0.29, 0.717) is 5.92 Å². The lowest BCUT2D eigenvalue weighted by Crippen LogP contribution is -2.36. The molecule has 1 aliphatic heterocycles. The molecule has 0 unspecified atom stereocenters. The molecule has 0 aromatic heterocycles. The van der Waals surface area contributed by atoms with Crippen molar-refractivity contribution in [3.8, 4) is 17.6 Å². The average molecular weight is 386 g/mol. The molecule has 3 aliphatic rings. The number of hydrogen-bond donors (Lipinski definition) is 1. The standard InChI is InChI=1S/C26H26O3/c1-25(2)16-26(11-12-26)29-24-21(20-9-10-20)13-19(14-22(24)25)8-5-17-3-6-18(7-4-17)15-23(27)28/h3-4,6-7,13-14,20H,9-12,15-16H2,1-2H3,(H,27,28). The lowest BCUT2D eigenvalue weighted by Gasteiger charge is -2.39. The van der Waals surface area contributed by atoms with Crippen molar-refractivity contribution in [2.75, 3.05) is 0 Å². The highest BCUT2D eigenvalue weighted by molar-refractivity contribution is 5.70. The van der Waals surface area contributed by atoms with Crippen LogP contribution in [0.15, 0.2) is 36.4 Å². The van der Waals surface area contributed by atoms with Gasteiger partial charge in [0.1, 0.15) is 11.4 Å². The van der Waals surface area contributed by atoms with Crippen LogP contribution in [0.3, 0.4) is 0 Å². The fraction of sp³-hybridized carbons (Fsp3) is 0.423. The first-order chi connectivity index (χ1) is 13.8. The number of fused-ring (bicyclic) bond motifs is 1. The number of carboxylic acids is 1. The molecule has 0 bridgehead atoms. The summed E-state index contributed by atoms with van der Waals surface area (Å²) in [6, 6.07) is 11.9. The van der Waals surface area contributed by atoms with Crippen molar-refractivity contribution in [2.45, 2.75) is 69.3 Å². The first kappa shape index (κ1) is 18.3. The Morgan fingerprint density at radius 2 is 1.79 bits per heavy atom. The SMILES string of the molecule is CC1(C)CC2(CC2)Oc2c(C3CC3)cc(C#Cc3ccc(CC(=O)O)cc3)cc21. The van der Waals surface area contributed by atoms with E-state index in [4.69, 9.17) is 9.84 Å². The van der Waals surface area contributed by atoms with Crippen molar-refractivity contribution in [3.63, 3.8) is 0 Å². The predicted octanol–water partition coefficient (Wildman–Crippen LogP) is 5.18. The topological polar surface area (TPSA) is 46.5 Å². The van der Waals surface area contributed by atoms with Gasteiger partial charge >= 0.3 is 5.97 Å². The maximum Gasteiger partial charge on any atom is 0.307 e. The van der Waals surface area contributed by atoms with Gasteiger partial charge in [0.25, 0.3) is 0 Å². The summed E-state index contributed by atoms with van der Waals surface area (Å²) in [5.74, 6) is 7.54. The highest BCUT2D eigenvalue weighted by Gasteiger charge is 2.54. The highest BCUT2D eigenvalue weighted by atomic mass is 16.5. The Morgan fingerprint density at radius 3 is 2.41 bits per heavy atom. The molecule has 3 heteroatoms. The molecular formula is C26H26O3. The lowest BCUT2D eigenvalue weighted by atomic mass is 9.75. The van der Waals surface area contributed by atoms with E-state index in [0.717, 1.165) is 28.9 Å². The van der Waals surface area contributed by atoms with E-state index in [1.165, 1.54) is 36.8 Å². The van der Waals surface area contributed by atoms with E-state index in [9.17, 15) is 4.79 Å². The summed E-state index contributed by atoms with van der Waals surface area (Å²) in [5, 5.41) is 8.90. The van der Waals surface area contributed by atoms with Gasteiger partial charge in [-0.15, -0.1) is 0 Å². The van der Waals surface area contributed by atoms with Gasteiger partial charge in [-0.3, -0.25) is 4.79 Å². The molecule has 0 saturated heterocycles. The number of hydrogen-bond acceptors (Lipinski definition) is 2. The summed E-state index contributed by atoms with van der Waals surface area (Å²) < 4.78 is 6.56. The van der Waals surface area contributed by atoms with E-state index in [1.54, 1.807) is 0 Å². The van der Waals surface area contributed by atoms with Gasteiger partial charge in [-0.05, 0) is 78.8 Å². The van der Waals surface area contributed by atoms with Crippen LogP contribution in [-0.2, 0) is 16.6 Å². The molecule has 2 fully saturated rings. The van der Waals surface area contributed by atoms with Crippen LogP contribution in [-0.4, -0.2) is 16.7 Å². The maximum absolute atomic E-state index is 10.8. The van der Waals surface area contributed by atoms with Crippen LogP contribution in [0.2, 0.25) is 0 Å². The van der Waals surface area contributed by atoms with Crippen molar-refractivity contribution >= 4 is 5.97 Å². The Balaban J connectivity index is 1.49. The average Bonchev–Trinajstić information content (AvgIpc) is 3.58. The first-order valence-electron chi connectivity index (χ1n) is 10.5. The number of carbonyl (C=O) groups is 1. The second-order valence-electron chi connectivity index (χ2n) is 9.58. The Hall–Kier alpha value is -2.73. The van der Waals surface area contributed by atoms with E-state index in [2.05, 4.69) is 37.8 Å². The fourth-order valence-corrected chi connectivity index (χ4v) is 4.63.